The maximum Gasteiger partial charge on any atom is 0.305 e. The van der Waals surface area contributed by atoms with Crippen molar-refractivity contribution in [2.75, 3.05) is 6.61 Å². The summed E-state index contributed by atoms with van der Waals surface area (Å²) < 4.78 is 5.43. The lowest BCUT2D eigenvalue weighted by atomic mass is 9.97. The van der Waals surface area contributed by atoms with E-state index in [0.29, 0.717) is 18.9 Å². The SMILES string of the molecule is CCCCCC(CCC)COC(=O)CCCCCCCC(=O)O. The summed E-state index contributed by atoms with van der Waals surface area (Å²) >= 11 is 0. The molecule has 4 heteroatoms. The van der Waals surface area contributed by atoms with E-state index in [9.17, 15) is 9.59 Å². The standard InChI is InChI=1S/C19H36O4/c1-3-5-9-13-17(12-4-2)16-23-19(22)15-11-8-6-7-10-14-18(20)21/h17H,3-16H2,1-2H3,(H,20,21). The Hall–Kier alpha value is -1.06. The fourth-order valence-electron chi connectivity index (χ4n) is 2.76. The van der Waals surface area contributed by atoms with Crippen LogP contribution < -0.4 is 0 Å². The van der Waals surface area contributed by atoms with Gasteiger partial charge in [-0.25, -0.2) is 0 Å². The average Bonchev–Trinajstić information content (AvgIpc) is 2.51. The normalized spacial score (nSPS) is 12.1. The molecule has 0 aromatic carbocycles. The minimum absolute atomic E-state index is 0.0767. The zero-order chi connectivity index (χ0) is 17.3. The molecule has 0 spiro atoms. The first-order valence-corrected chi connectivity index (χ1v) is 9.47. The van der Waals surface area contributed by atoms with Crippen molar-refractivity contribution in [2.45, 2.75) is 97.3 Å². The van der Waals surface area contributed by atoms with Gasteiger partial charge in [-0.2, -0.15) is 0 Å². The van der Waals surface area contributed by atoms with Crippen molar-refractivity contribution in [3.8, 4) is 0 Å². The minimum atomic E-state index is -0.728. The second kappa shape index (κ2) is 15.8. The van der Waals surface area contributed by atoms with Gasteiger partial charge in [0.15, 0.2) is 0 Å². The number of carbonyl (C=O) groups is 2. The molecule has 4 nitrogen and oxygen atoms in total. The van der Waals surface area contributed by atoms with Gasteiger partial charge in [-0.3, -0.25) is 9.59 Å². The number of carboxylic acids is 1. The van der Waals surface area contributed by atoms with Crippen molar-refractivity contribution in [3.63, 3.8) is 0 Å². The van der Waals surface area contributed by atoms with Gasteiger partial charge in [0.2, 0.25) is 0 Å². The quantitative estimate of drug-likeness (QED) is 0.307. The first-order chi connectivity index (χ1) is 11.1. The third kappa shape index (κ3) is 15.6. The zero-order valence-electron chi connectivity index (χ0n) is 15.1. The molecule has 0 aliphatic rings. The molecule has 0 heterocycles. The first kappa shape index (κ1) is 21.9. The van der Waals surface area contributed by atoms with Gasteiger partial charge in [0.25, 0.3) is 0 Å². The highest BCUT2D eigenvalue weighted by Crippen LogP contribution is 2.17. The van der Waals surface area contributed by atoms with E-state index in [1.165, 1.54) is 25.7 Å². The molecule has 0 aromatic heterocycles. The van der Waals surface area contributed by atoms with Crippen LogP contribution in [0.5, 0.6) is 0 Å². The Kier molecular flexibility index (Phi) is 15.1. The molecule has 136 valence electrons. The number of hydrogen-bond donors (Lipinski definition) is 1. The Morgan fingerprint density at radius 1 is 0.826 bits per heavy atom. The Morgan fingerprint density at radius 2 is 1.48 bits per heavy atom. The lowest BCUT2D eigenvalue weighted by molar-refractivity contribution is -0.145. The molecule has 0 saturated carbocycles. The Labute approximate surface area is 142 Å². The topological polar surface area (TPSA) is 63.6 Å². The van der Waals surface area contributed by atoms with Crippen LogP contribution in [0.2, 0.25) is 0 Å². The van der Waals surface area contributed by atoms with Crippen LogP contribution in [0, 0.1) is 5.92 Å². The first-order valence-electron chi connectivity index (χ1n) is 9.47. The summed E-state index contributed by atoms with van der Waals surface area (Å²) in [5.74, 6) is -0.284. The Balaban J connectivity index is 3.60. The van der Waals surface area contributed by atoms with E-state index < -0.39 is 5.97 Å². The number of aliphatic carboxylic acids is 1. The van der Waals surface area contributed by atoms with Crippen LogP contribution in [0.1, 0.15) is 97.3 Å². The van der Waals surface area contributed by atoms with E-state index >= 15 is 0 Å². The van der Waals surface area contributed by atoms with Crippen molar-refractivity contribution in [3.05, 3.63) is 0 Å². The second-order valence-corrected chi connectivity index (χ2v) is 6.50. The molecule has 1 atom stereocenters. The van der Waals surface area contributed by atoms with Crippen molar-refractivity contribution in [2.24, 2.45) is 5.92 Å². The number of rotatable bonds is 16. The molecule has 1 unspecified atom stereocenters. The van der Waals surface area contributed by atoms with E-state index in [2.05, 4.69) is 13.8 Å². The molecule has 0 bridgehead atoms. The summed E-state index contributed by atoms with van der Waals surface area (Å²) in [5.41, 5.74) is 0. The highest BCUT2D eigenvalue weighted by Gasteiger charge is 2.11. The van der Waals surface area contributed by atoms with E-state index in [0.717, 1.165) is 44.9 Å². The van der Waals surface area contributed by atoms with Crippen LogP contribution in [-0.4, -0.2) is 23.7 Å². The molecule has 0 fully saturated rings. The van der Waals surface area contributed by atoms with Crippen molar-refractivity contribution in [1.29, 1.82) is 0 Å². The minimum Gasteiger partial charge on any atom is -0.481 e. The maximum absolute atomic E-state index is 11.8. The fraction of sp³-hybridized carbons (Fsp3) is 0.895. The van der Waals surface area contributed by atoms with Gasteiger partial charge in [0, 0.05) is 12.8 Å². The summed E-state index contributed by atoms with van der Waals surface area (Å²) in [7, 11) is 0. The highest BCUT2D eigenvalue weighted by molar-refractivity contribution is 5.69. The second-order valence-electron chi connectivity index (χ2n) is 6.50. The molecule has 0 radical (unpaired) electrons. The number of carboxylic acid groups (broad SMARTS) is 1. The van der Waals surface area contributed by atoms with Gasteiger partial charge in [-0.1, -0.05) is 58.8 Å². The molecule has 0 saturated heterocycles. The van der Waals surface area contributed by atoms with Gasteiger partial charge in [-0.15, -0.1) is 0 Å². The molecule has 0 aromatic rings. The van der Waals surface area contributed by atoms with E-state index in [-0.39, 0.29) is 12.4 Å². The van der Waals surface area contributed by atoms with Crippen molar-refractivity contribution < 1.29 is 19.4 Å². The number of carbonyl (C=O) groups excluding carboxylic acids is 1. The van der Waals surface area contributed by atoms with Crippen LogP contribution in [-0.2, 0) is 14.3 Å². The van der Waals surface area contributed by atoms with Crippen LogP contribution in [0.15, 0.2) is 0 Å². The van der Waals surface area contributed by atoms with Gasteiger partial charge in [0.05, 0.1) is 6.61 Å². The molecular formula is C19H36O4. The Morgan fingerprint density at radius 3 is 2.09 bits per heavy atom. The van der Waals surface area contributed by atoms with Crippen molar-refractivity contribution in [1.82, 2.24) is 0 Å². The molecule has 0 aliphatic carbocycles. The van der Waals surface area contributed by atoms with Crippen molar-refractivity contribution >= 4 is 11.9 Å². The van der Waals surface area contributed by atoms with Gasteiger partial charge in [-0.05, 0) is 31.6 Å². The molecule has 0 rings (SSSR count). The summed E-state index contributed by atoms with van der Waals surface area (Å²) in [6.07, 6.45) is 12.4. The largest absolute Gasteiger partial charge is 0.481 e. The van der Waals surface area contributed by atoms with Gasteiger partial charge >= 0.3 is 11.9 Å². The number of esters is 1. The van der Waals surface area contributed by atoms with Crippen LogP contribution >= 0.6 is 0 Å². The molecule has 0 aliphatic heterocycles. The Bertz CT molecular complexity index is 302. The number of hydrogen-bond acceptors (Lipinski definition) is 3. The third-order valence-corrected chi connectivity index (χ3v) is 4.16. The molecule has 23 heavy (non-hydrogen) atoms. The maximum atomic E-state index is 11.8. The summed E-state index contributed by atoms with van der Waals surface area (Å²) in [6.45, 7) is 4.96. The monoisotopic (exact) mass is 328 g/mol. The number of unbranched alkanes of at least 4 members (excludes halogenated alkanes) is 6. The lowest BCUT2D eigenvalue weighted by Gasteiger charge is -2.16. The predicted octanol–water partition coefficient (Wildman–Crippen LogP) is 5.34. The van der Waals surface area contributed by atoms with E-state index in [1.807, 2.05) is 0 Å². The number of ether oxygens (including phenoxy) is 1. The predicted molar refractivity (Wildman–Crippen MR) is 93.5 cm³/mol. The molecule has 1 N–H and O–H groups in total. The van der Waals surface area contributed by atoms with Crippen LogP contribution in [0.25, 0.3) is 0 Å². The summed E-state index contributed by atoms with van der Waals surface area (Å²) in [5, 5.41) is 8.54. The average molecular weight is 328 g/mol. The van der Waals surface area contributed by atoms with Crippen LogP contribution in [0.4, 0.5) is 0 Å². The summed E-state index contributed by atoms with van der Waals surface area (Å²) in [4.78, 5) is 22.1. The summed E-state index contributed by atoms with van der Waals surface area (Å²) in [6, 6.07) is 0. The van der Waals surface area contributed by atoms with E-state index in [1.54, 1.807) is 0 Å². The highest BCUT2D eigenvalue weighted by atomic mass is 16.5. The molecular weight excluding hydrogens is 292 g/mol. The zero-order valence-corrected chi connectivity index (χ0v) is 15.1. The lowest BCUT2D eigenvalue weighted by Crippen LogP contribution is -2.14. The van der Waals surface area contributed by atoms with E-state index in [4.69, 9.17) is 9.84 Å². The third-order valence-electron chi connectivity index (χ3n) is 4.16. The molecule has 0 amide bonds. The van der Waals surface area contributed by atoms with Crippen LogP contribution in [0.3, 0.4) is 0 Å². The fourth-order valence-corrected chi connectivity index (χ4v) is 2.76. The smallest absolute Gasteiger partial charge is 0.305 e. The van der Waals surface area contributed by atoms with Gasteiger partial charge < -0.3 is 9.84 Å². The van der Waals surface area contributed by atoms with Gasteiger partial charge in [0.1, 0.15) is 0 Å².